The Kier molecular flexibility index (Phi) is 1.15. The van der Waals surface area contributed by atoms with E-state index in [4.69, 9.17) is 9.47 Å². The smallest absolute Gasteiger partial charge is 0.314 e. The predicted molar refractivity (Wildman–Crippen MR) is 45.1 cm³/mol. The Bertz CT molecular complexity index is 288. The van der Waals surface area contributed by atoms with Crippen molar-refractivity contribution in [3.8, 4) is 0 Å². The van der Waals surface area contributed by atoms with Gasteiger partial charge in [0.25, 0.3) is 0 Å². The van der Waals surface area contributed by atoms with Crippen LogP contribution in [0.4, 0.5) is 0 Å². The lowest BCUT2D eigenvalue weighted by Crippen LogP contribution is -2.43. The van der Waals surface area contributed by atoms with Crippen molar-refractivity contribution in [2.45, 2.75) is 38.4 Å². The van der Waals surface area contributed by atoms with Gasteiger partial charge in [-0.2, -0.15) is 0 Å². The average Bonchev–Trinajstić information content (AvgIpc) is 2.63. The number of esters is 1. The summed E-state index contributed by atoms with van der Waals surface area (Å²) in [5.74, 6) is 0.233. The van der Waals surface area contributed by atoms with Crippen molar-refractivity contribution in [2.24, 2.45) is 11.3 Å². The largest absolute Gasteiger partial charge is 0.465 e. The van der Waals surface area contributed by atoms with Gasteiger partial charge >= 0.3 is 5.97 Å². The fourth-order valence-corrected chi connectivity index (χ4v) is 3.34. The molecule has 3 aliphatic rings. The molecule has 0 spiro atoms. The Labute approximate surface area is 77.4 Å². The molecule has 0 N–H and O–H groups in total. The zero-order valence-corrected chi connectivity index (χ0v) is 8.00. The average molecular weight is 182 g/mol. The number of rotatable bonds is 0. The van der Waals surface area contributed by atoms with Crippen LogP contribution >= 0.6 is 0 Å². The molecule has 3 rings (SSSR count). The van der Waals surface area contributed by atoms with Gasteiger partial charge < -0.3 is 9.47 Å². The molecule has 0 aromatic carbocycles. The summed E-state index contributed by atoms with van der Waals surface area (Å²) in [5.41, 5.74) is -0.432. The van der Waals surface area contributed by atoms with Crippen molar-refractivity contribution in [1.82, 2.24) is 0 Å². The fraction of sp³-hybridized carbons (Fsp3) is 0.900. The standard InChI is InChI=1S/C10H14O3/c1-9-4-3-7(13-9)10(2)6(9)5-12-8(10)11/h6-7H,3-5H2,1-2H3/t6-,7+,9-,10+/m0/s1. The predicted octanol–water partition coefficient (Wildman–Crippen LogP) is 1.12. The van der Waals surface area contributed by atoms with E-state index in [9.17, 15) is 4.79 Å². The number of cyclic esters (lactones) is 1. The van der Waals surface area contributed by atoms with Crippen molar-refractivity contribution in [3.05, 3.63) is 0 Å². The normalized spacial score (nSPS) is 58.2. The van der Waals surface area contributed by atoms with Crippen LogP contribution in [0.15, 0.2) is 0 Å². The highest BCUT2D eigenvalue weighted by molar-refractivity contribution is 5.80. The minimum absolute atomic E-state index is 0.0501. The maximum atomic E-state index is 11.6. The molecular formula is C10H14O3. The van der Waals surface area contributed by atoms with E-state index in [1.807, 2.05) is 6.92 Å². The van der Waals surface area contributed by atoms with Crippen LogP contribution in [0.25, 0.3) is 0 Å². The summed E-state index contributed by atoms with van der Waals surface area (Å²) in [6, 6.07) is 0. The van der Waals surface area contributed by atoms with E-state index >= 15 is 0 Å². The zero-order chi connectivity index (χ0) is 9.27. The lowest BCUT2D eigenvalue weighted by molar-refractivity contribution is -0.149. The van der Waals surface area contributed by atoms with Gasteiger partial charge in [-0.05, 0) is 26.7 Å². The highest BCUT2D eigenvalue weighted by atomic mass is 16.6. The summed E-state index contributed by atoms with van der Waals surface area (Å²) < 4.78 is 11.0. The molecular weight excluding hydrogens is 168 g/mol. The molecule has 72 valence electrons. The number of ether oxygens (including phenoxy) is 2. The van der Waals surface area contributed by atoms with Crippen LogP contribution in [0.3, 0.4) is 0 Å². The molecule has 3 fully saturated rings. The van der Waals surface area contributed by atoms with Crippen LogP contribution in [0.1, 0.15) is 26.7 Å². The van der Waals surface area contributed by atoms with Gasteiger partial charge in [-0.15, -0.1) is 0 Å². The first-order valence-electron chi connectivity index (χ1n) is 4.92. The summed E-state index contributed by atoms with van der Waals surface area (Å²) in [4.78, 5) is 11.6. The van der Waals surface area contributed by atoms with E-state index in [1.54, 1.807) is 0 Å². The summed E-state index contributed by atoms with van der Waals surface area (Å²) in [7, 11) is 0. The molecule has 4 atom stereocenters. The monoisotopic (exact) mass is 182 g/mol. The van der Waals surface area contributed by atoms with Crippen LogP contribution in [0.5, 0.6) is 0 Å². The Morgan fingerprint density at radius 1 is 1.46 bits per heavy atom. The molecule has 0 amide bonds. The van der Waals surface area contributed by atoms with Gasteiger partial charge in [-0.25, -0.2) is 0 Å². The topological polar surface area (TPSA) is 35.5 Å². The Morgan fingerprint density at radius 2 is 2.23 bits per heavy atom. The first-order chi connectivity index (χ1) is 6.07. The quantitative estimate of drug-likeness (QED) is 0.526. The Morgan fingerprint density at radius 3 is 2.92 bits per heavy atom. The second-order valence-electron chi connectivity index (χ2n) is 4.89. The van der Waals surface area contributed by atoms with Gasteiger partial charge in [-0.3, -0.25) is 4.79 Å². The third-order valence-electron chi connectivity index (χ3n) is 4.27. The van der Waals surface area contributed by atoms with Crippen molar-refractivity contribution < 1.29 is 14.3 Å². The van der Waals surface area contributed by atoms with Crippen molar-refractivity contribution in [2.75, 3.05) is 6.61 Å². The lowest BCUT2D eigenvalue weighted by atomic mass is 9.65. The Balaban J connectivity index is 2.10. The van der Waals surface area contributed by atoms with Gasteiger partial charge in [0.05, 0.1) is 18.3 Å². The number of carbonyl (C=O) groups excluding carboxylic acids is 1. The van der Waals surface area contributed by atoms with Gasteiger partial charge in [-0.1, -0.05) is 0 Å². The van der Waals surface area contributed by atoms with Crippen molar-refractivity contribution in [3.63, 3.8) is 0 Å². The molecule has 3 nitrogen and oxygen atoms in total. The summed E-state index contributed by atoms with van der Waals surface area (Å²) in [6.07, 6.45) is 2.20. The van der Waals surface area contributed by atoms with Gasteiger partial charge in [0.1, 0.15) is 5.41 Å². The van der Waals surface area contributed by atoms with Crippen LogP contribution < -0.4 is 0 Å². The summed E-state index contributed by atoms with van der Waals surface area (Å²) in [6.45, 7) is 4.68. The minimum Gasteiger partial charge on any atom is -0.465 e. The van der Waals surface area contributed by atoms with Gasteiger partial charge in [0.15, 0.2) is 0 Å². The molecule has 0 aromatic rings. The highest BCUT2D eigenvalue weighted by Crippen LogP contribution is 2.60. The Hall–Kier alpha value is -0.570. The van der Waals surface area contributed by atoms with Crippen LogP contribution in [-0.4, -0.2) is 24.3 Å². The minimum atomic E-state index is -0.340. The molecule has 0 aliphatic carbocycles. The van der Waals surface area contributed by atoms with Crippen molar-refractivity contribution in [1.29, 1.82) is 0 Å². The molecule has 2 bridgehead atoms. The van der Waals surface area contributed by atoms with Crippen LogP contribution in [-0.2, 0) is 14.3 Å². The summed E-state index contributed by atoms with van der Waals surface area (Å²) >= 11 is 0. The second kappa shape index (κ2) is 1.92. The molecule has 0 radical (unpaired) electrons. The number of hydrogen-bond acceptors (Lipinski definition) is 3. The van der Waals surface area contributed by atoms with E-state index in [-0.39, 0.29) is 29.0 Å². The van der Waals surface area contributed by atoms with E-state index in [0.717, 1.165) is 12.8 Å². The molecule has 0 unspecified atom stereocenters. The number of carbonyl (C=O) groups is 1. The van der Waals surface area contributed by atoms with Crippen LogP contribution in [0.2, 0.25) is 0 Å². The highest BCUT2D eigenvalue weighted by Gasteiger charge is 2.70. The first-order valence-corrected chi connectivity index (χ1v) is 4.92. The maximum absolute atomic E-state index is 11.6. The molecule has 0 aromatic heterocycles. The summed E-state index contributed by atoms with van der Waals surface area (Å²) in [5, 5.41) is 0. The molecule has 3 aliphatic heterocycles. The molecule has 3 heterocycles. The SMILES string of the molecule is C[C@@]12C(=O)OC[C@H]1[C@]1(C)CC[C@H]2O1. The third-order valence-corrected chi connectivity index (χ3v) is 4.27. The third kappa shape index (κ3) is 0.654. The molecule has 3 heteroatoms. The first kappa shape index (κ1) is 7.80. The molecule has 13 heavy (non-hydrogen) atoms. The zero-order valence-electron chi connectivity index (χ0n) is 8.00. The fourth-order valence-electron chi connectivity index (χ4n) is 3.34. The molecule has 3 saturated heterocycles. The van der Waals surface area contributed by atoms with E-state index < -0.39 is 0 Å². The lowest BCUT2D eigenvalue weighted by Gasteiger charge is -2.31. The van der Waals surface area contributed by atoms with E-state index in [0.29, 0.717) is 6.61 Å². The van der Waals surface area contributed by atoms with E-state index in [2.05, 4.69) is 6.92 Å². The van der Waals surface area contributed by atoms with Crippen molar-refractivity contribution >= 4 is 5.97 Å². The van der Waals surface area contributed by atoms with Gasteiger partial charge in [0.2, 0.25) is 0 Å². The maximum Gasteiger partial charge on any atom is 0.314 e. The molecule has 0 saturated carbocycles. The van der Waals surface area contributed by atoms with Gasteiger partial charge in [0, 0.05) is 5.92 Å². The number of fused-ring (bicyclic) bond motifs is 5. The van der Waals surface area contributed by atoms with Crippen LogP contribution in [0, 0.1) is 11.3 Å². The second-order valence-corrected chi connectivity index (χ2v) is 4.89. The number of hydrogen-bond donors (Lipinski definition) is 0. The van der Waals surface area contributed by atoms with E-state index in [1.165, 1.54) is 0 Å².